The molecule has 12 heavy (non-hydrogen) atoms. The van der Waals surface area contributed by atoms with E-state index in [9.17, 15) is 4.79 Å². The second kappa shape index (κ2) is 4.04. The molecule has 72 valence electrons. The predicted molar refractivity (Wildman–Crippen MR) is 51.9 cm³/mol. The van der Waals surface area contributed by atoms with Crippen LogP contribution >= 0.6 is 0 Å². The molecule has 0 aromatic carbocycles. The highest BCUT2D eigenvalue weighted by Gasteiger charge is 2.29. The normalized spacial score (nSPS) is 17.2. The third-order valence-electron chi connectivity index (χ3n) is 2.30. The quantitative estimate of drug-likeness (QED) is 0.705. The summed E-state index contributed by atoms with van der Waals surface area (Å²) in [7, 11) is 0. The van der Waals surface area contributed by atoms with E-state index in [2.05, 4.69) is 6.92 Å². The maximum Gasteiger partial charge on any atom is 0.155 e. The lowest BCUT2D eigenvalue weighted by Crippen LogP contribution is -2.43. The summed E-state index contributed by atoms with van der Waals surface area (Å²) >= 11 is 0. The van der Waals surface area contributed by atoms with Crippen LogP contribution in [-0.2, 0) is 4.79 Å². The summed E-state index contributed by atoms with van der Waals surface area (Å²) in [6.45, 7) is 9.82. The molecule has 0 saturated carbocycles. The summed E-state index contributed by atoms with van der Waals surface area (Å²) in [5.41, 5.74) is 5.51. The lowest BCUT2D eigenvalue weighted by atomic mass is 9.82. The standard InChI is InChI=1S/C10H21NO/c1-6-7(2)8(11)9(12)10(3,4)5/h7-8H,6,11H2,1-5H3. The Labute approximate surface area is 75.5 Å². The van der Waals surface area contributed by atoms with Crippen LogP contribution in [0.25, 0.3) is 0 Å². The largest absolute Gasteiger partial charge is 0.321 e. The number of Topliss-reactive ketones (excluding diaryl/α,β-unsaturated/α-hetero) is 1. The van der Waals surface area contributed by atoms with E-state index in [1.165, 1.54) is 0 Å². The van der Waals surface area contributed by atoms with Crippen LogP contribution in [-0.4, -0.2) is 11.8 Å². The van der Waals surface area contributed by atoms with E-state index in [1.54, 1.807) is 0 Å². The first-order valence-electron chi connectivity index (χ1n) is 4.60. The van der Waals surface area contributed by atoms with Gasteiger partial charge in [0.2, 0.25) is 0 Å². The fourth-order valence-electron chi connectivity index (χ4n) is 1.01. The number of carbonyl (C=O) groups excluding carboxylic acids is 1. The first kappa shape index (κ1) is 11.6. The molecule has 0 aromatic heterocycles. The summed E-state index contributed by atoms with van der Waals surface area (Å²) < 4.78 is 0. The predicted octanol–water partition coefficient (Wildman–Crippen LogP) is 1.98. The van der Waals surface area contributed by atoms with Crippen LogP contribution in [0.5, 0.6) is 0 Å². The Balaban J connectivity index is 4.30. The van der Waals surface area contributed by atoms with E-state index in [-0.39, 0.29) is 23.2 Å². The number of nitrogens with two attached hydrogens (primary N) is 1. The summed E-state index contributed by atoms with van der Waals surface area (Å²) in [5, 5.41) is 0. The Morgan fingerprint density at radius 1 is 1.42 bits per heavy atom. The zero-order valence-electron chi connectivity index (χ0n) is 8.85. The van der Waals surface area contributed by atoms with Crippen LogP contribution in [0.3, 0.4) is 0 Å². The first-order valence-corrected chi connectivity index (χ1v) is 4.60. The maximum atomic E-state index is 11.6. The molecule has 0 radical (unpaired) electrons. The molecule has 0 saturated heterocycles. The van der Waals surface area contributed by atoms with Crippen molar-refractivity contribution < 1.29 is 4.79 Å². The van der Waals surface area contributed by atoms with Gasteiger partial charge in [0.05, 0.1) is 6.04 Å². The molecule has 2 heteroatoms. The lowest BCUT2D eigenvalue weighted by molar-refractivity contribution is -0.128. The topological polar surface area (TPSA) is 43.1 Å². The van der Waals surface area contributed by atoms with Crippen molar-refractivity contribution >= 4 is 5.78 Å². The van der Waals surface area contributed by atoms with Gasteiger partial charge in [-0.1, -0.05) is 41.0 Å². The molecule has 0 amide bonds. The van der Waals surface area contributed by atoms with Gasteiger partial charge in [-0.15, -0.1) is 0 Å². The summed E-state index contributed by atoms with van der Waals surface area (Å²) in [6, 6.07) is -0.296. The Morgan fingerprint density at radius 3 is 2.08 bits per heavy atom. The highest BCUT2D eigenvalue weighted by atomic mass is 16.1. The molecule has 0 fully saturated rings. The summed E-state index contributed by atoms with van der Waals surface area (Å²) in [4.78, 5) is 11.6. The minimum Gasteiger partial charge on any atom is -0.321 e. The fraction of sp³-hybridized carbons (Fsp3) is 0.900. The van der Waals surface area contributed by atoms with E-state index in [0.717, 1.165) is 6.42 Å². The third-order valence-corrected chi connectivity index (χ3v) is 2.30. The van der Waals surface area contributed by atoms with Crippen LogP contribution in [0.15, 0.2) is 0 Å². The number of ketones is 1. The Morgan fingerprint density at radius 2 is 1.83 bits per heavy atom. The molecule has 0 heterocycles. The molecule has 0 rings (SSSR count). The Kier molecular flexibility index (Phi) is 3.91. The highest BCUT2D eigenvalue weighted by molar-refractivity contribution is 5.88. The number of hydrogen-bond donors (Lipinski definition) is 1. The molecule has 2 unspecified atom stereocenters. The van der Waals surface area contributed by atoms with Crippen molar-refractivity contribution in [1.29, 1.82) is 0 Å². The smallest absolute Gasteiger partial charge is 0.155 e. The zero-order valence-corrected chi connectivity index (χ0v) is 8.85. The molecule has 2 N–H and O–H groups in total. The van der Waals surface area contributed by atoms with E-state index in [0.29, 0.717) is 0 Å². The van der Waals surface area contributed by atoms with Crippen molar-refractivity contribution in [3.63, 3.8) is 0 Å². The third kappa shape index (κ3) is 2.94. The molecular weight excluding hydrogens is 150 g/mol. The molecule has 0 aliphatic rings. The van der Waals surface area contributed by atoms with E-state index in [1.807, 2.05) is 27.7 Å². The average Bonchev–Trinajstić information content (AvgIpc) is 1.98. The van der Waals surface area contributed by atoms with E-state index in [4.69, 9.17) is 5.73 Å². The van der Waals surface area contributed by atoms with Crippen LogP contribution in [0, 0.1) is 11.3 Å². The second-order valence-corrected chi connectivity index (χ2v) is 4.53. The SMILES string of the molecule is CCC(C)C(N)C(=O)C(C)(C)C. The van der Waals surface area contributed by atoms with Crippen LogP contribution in [0.4, 0.5) is 0 Å². The number of carbonyl (C=O) groups is 1. The molecule has 0 aliphatic carbocycles. The number of hydrogen-bond acceptors (Lipinski definition) is 2. The van der Waals surface area contributed by atoms with E-state index < -0.39 is 0 Å². The zero-order chi connectivity index (χ0) is 9.94. The highest BCUT2D eigenvalue weighted by Crippen LogP contribution is 2.20. The van der Waals surface area contributed by atoms with Crippen LogP contribution < -0.4 is 5.73 Å². The minimum absolute atomic E-state index is 0.164. The molecule has 0 aliphatic heterocycles. The van der Waals surface area contributed by atoms with Crippen LogP contribution in [0.2, 0.25) is 0 Å². The first-order chi connectivity index (χ1) is 5.30. The van der Waals surface area contributed by atoms with Crippen molar-refractivity contribution in [3.8, 4) is 0 Å². The van der Waals surface area contributed by atoms with Crippen molar-refractivity contribution in [3.05, 3.63) is 0 Å². The van der Waals surface area contributed by atoms with Crippen molar-refractivity contribution in [1.82, 2.24) is 0 Å². The molecule has 2 nitrogen and oxygen atoms in total. The van der Waals surface area contributed by atoms with Crippen molar-refractivity contribution in [2.45, 2.75) is 47.1 Å². The van der Waals surface area contributed by atoms with Gasteiger partial charge in [0.25, 0.3) is 0 Å². The van der Waals surface area contributed by atoms with Gasteiger partial charge >= 0.3 is 0 Å². The maximum absolute atomic E-state index is 11.6. The molecule has 2 atom stereocenters. The number of rotatable bonds is 3. The van der Waals surface area contributed by atoms with Crippen LogP contribution in [0.1, 0.15) is 41.0 Å². The average molecular weight is 171 g/mol. The van der Waals surface area contributed by atoms with Crippen molar-refractivity contribution in [2.24, 2.45) is 17.1 Å². The Hall–Kier alpha value is -0.370. The van der Waals surface area contributed by atoms with Gasteiger partial charge < -0.3 is 5.73 Å². The van der Waals surface area contributed by atoms with E-state index >= 15 is 0 Å². The molecule has 0 aromatic rings. The monoisotopic (exact) mass is 171 g/mol. The van der Waals surface area contributed by atoms with Gasteiger partial charge in [-0.05, 0) is 5.92 Å². The Bertz CT molecular complexity index is 158. The fourth-order valence-corrected chi connectivity index (χ4v) is 1.01. The summed E-state index contributed by atoms with van der Waals surface area (Å²) in [6.07, 6.45) is 0.961. The second-order valence-electron chi connectivity index (χ2n) is 4.53. The molecule has 0 bridgehead atoms. The van der Waals surface area contributed by atoms with Gasteiger partial charge in [-0.25, -0.2) is 0 Å². The minimum atomic E-state index is -0.303. The summed E-state index contributed by atoms with van der Waals surface area (Å²) in [5.74, 6) is 0.452. The van der Waals surface area contributed by atoms with Gasteiger partial charge in [0.1, 0.15) is 0 Å². The van der Waals surface area contributed by atoms with Gasteiger partial charge in [0, 0.05) is 5.41 Å². The van der Waals surface area contributed by atoms with Gasteiger partial charge in [-0.3, -0.25) is 4.79 Å². The van der Waals surface area contributed by atoms with Gasteiger partial charge in [0.15, 0.2) is 5.78 Å². The lowest BCUT2D eigenvalue weighted by Gasteiger charge is -2.25. The molecule has 0 spiro atoms. The van der Waals surface area contributed by atoms with Gasteiger partial charge in [-0.2, -0.15) is 0 Å². The van der Waals surface area contributed by atoms with Crippen molar-refractivity contribution in [2.75, 3.05) is 0 Å². The molecular formula is C10H21NO.